The largest absolute Gasteiger partial charge is 0.378 e. The van der Waals surface area contributed by atoms with E-state index in [2.05, 4.69) is 21.7 Å². The second-order valence-electron chi connectivity index (χ2n) is 4.80. The highest BCUT2D eigenvalue weighted by Gasteiger charge is 2.21. The van der Waals surface area contributed by atoms with Crippen LogP contribution in [0.15, 0.2) is 42.1 Å². The molecule has 1 aliphatic heterocycles. The van der Waals surface area contributed by atoms with Crippen molar-refractivity contribution in [2.45, 2.75) is 5.16 Å². The van der Waals surface area contributed by atoms with Gasteiger partial charge >= 0.3 is 0 Å². The summed E-state index contributed by atoms with van der Waals surface area (Å²) in [6.07, 6.45) is 1.81. The predicted molar refractivity (Wildman–Crippen MR) is 85.3 cm³/mol. The SMILES string of the molecule is C=CCSc1nnc(N2CCOCC2)n1-c1cccc(F)c1. The van der Waals surface area contributed by atoms with Gasteiger partial charge < -0.3 is 9.64 Å². The third-order valence-corrected chi connectivity index (χ3v) is 4.23. The molecule has 0 radical (unpaired) electrons. The summed E-state index contributed by atoms with van der Waals surface area (Å²) in [4.78, 5) is 2.11. The Morgan fingerprint density at radius 1 is 1.32 bits per heavy atom. The van der Waals surface area contributed by atoms with Gasteiger partial charge in [-0.05, 0) is 18.2 Å². The molecule has 0 unspecified atom stereocenters. The third-order valence-electron chi connectivity index (χ3n) is 3.31. The van der Waals surface area contributed by atoms with Gasteiger partial charge in [0, 0.05) is 18.8 Å². The van der Waals surface area contributed by atoms with Crippen LogP contribution in [-0.4, -0.2) is 46.8 Å². The van der Waals surface area contributed by atoms with Crippen LogP contribution >= 0.6 is 11.8 Å². The van der Waals surface area contributed by atoms with Crippen molar-refractivity contribution < 1.29 is 9.13 Å². The quantitative estimate of drug-likeness (QED) is 0.625. The maximum Gasteiger partial charge on any atom is 0.232 e. The van der Waals surface area contributed by atoms with Gasteiger partial charge in [-0.15, -0.1) is 16.8 Å². The fourth-order valence-electron chi connectivity index (χ4n) is 2.30. The molecule has 1 saturated heterocycles. The Kier molecular flexibility index (Phi) is 4.74. The highest BCUT2D eigenvalue weighted by molar-refractivity contribution is 7.99. The number of thioether (sulfide) groups is 1. The summed E-state index contributed by atoms with van der Waals surface area (Å²) in [5.41, 5.74) is 0.720. The number of aromatic nitrogens is 3. The number of hydrogen-bond acceptors (Lipinski definition) is 5. The van der Waals surface area contributed by atoms with Gasteiger partial charge in [-0.25, -0.2) is 4.39 Å². The van der Waals surface area contributed by atoms with Crippen molar-refractivity contribution in [3.8, 4) is 5.69 Å². The van der Waals surface area contributed by atoms with Crippen LogP contribution in [0.25, 0.3) is 5.69 Å². The Balaban J connectivity index is 2.02. The van der Waals surface area contributed by atoms with E-state index in [0.29, 0.717) is 13.2 Å². The first kappa shape index (κ1) is 15.1. The molecule has 2 aromatic rings. The lowest BCUT2D eigenvalue weighted by molar-refractivity contribution is 0.122. The molecule has 0 amide bonds. The van der Waals surface area contributed by atoms with Gasteiger partial charge in [0.2, 0.25) is 5.95 Å². The Bertz CT molecular complexity index is 655. The molecular weight excluding hydrogens is 303 g/mol. The maximum absolute atomic E-state index is 13.6. The Morgan fingerprint density at radius 2 is 2.14 bits per heavy atom. The van der Waals surface area contributed by atoms with E-state index in [9.17, 15) is 4.39 Å². The van der Waals surface area contributed by atoms with Crippen molar-refractivity contribution >= 4 is 17.7 Å². The van der Waals surface area contributed by atoms with Crippen molar-refractivity contribution in [1.29, 1.82) is 0 Å². The van der Waals surface area contributed by atoms with Gasteiger partial charge in [0.05, 0.1) is 18.9 Å². The van der Waals surface area contributed by atoms with Crippen LogP contribution in [-0.2, 0) is 4.74 Å². The summed E-state index contributed by atoms with van der Waals surface area (Å²) in [5.74, 6) is 1.16. The van der Waals surface area contributed by atoms with E-state index in [1.165, 1.54) is 23.9 Å². The molecule has 0 N–H and O–H groups in total. The van der Waals surface area contributed by atoms with Gasteiger partial charge in [-0.3, -0.25) is 4.57 Å². The predicted octanol–water partition coefficient (Wildman–Crippen LogP) is 2.52. The Labute approximate surface area is 132 Å². The van der Waals surface area contributed by atoms with E-state index in [-0.39, 0.29) is 5.82 Å². The van der Waals surface area contributed by atoms with Crippen molar-refractivity contribution in [2.24, 2.45) is 0 Å². The van der Waals surface area contributed by atoms with E-state index in [1.54, 1.807) is 6.07 Å². The van der Waals surface area contributed by atoms with Gasteiger partial charge in [0.15, 0.2) is 5.16 Å². The lowest BCUT2D eigenvalue weighted by atomic mass is 10.3. The summed E-state index contributed by atoms with van der Waals surface area (Å²) >= 11 is 1.52. The second kappa shape index (κ2) is 6.93. The van der Waals surface area contributed by atoms with E-state index in [1.807, 2.05) is 16.7 Å². The standard InChI is InChI=1S/C15H17FN4OS/c1-2-10-22-15-18-17-14(19-6-8-21-9-7-19)20(15)13-5-3-4-12(16)11-13/h2-5,11H,1,6-10H2. The Morgan fingerprint density at radius 3 is 2.86 bits per heavy atom. The number of nitrogens with zero attached hydrogens (tertiary/aromatic N) is 4. The molecular formula is C15H17FN4OS. The molecule has 0 bridgehead atoms. The van der Waals surface area contributed by atoms with Gasteiger partial charge in [0.25, 0.3) is 0 Å². The lowest BCUT2D eigenvalue weighted by Crippen LogP contribution is -2.37. The number of benzene rings is 1. The van der Waals surface area contributed by atoms with Crippen molar-refractivity contribution in [3.63, 3.8) is 0 Å². The number of anilines is 1. The second-order valence-corrected chi connectivity index (χ2v) is 5.78. The summed E-state index contributed by atoms with van der Waals surface area (Å²) in [5, 5.41) is 9.29. The summed E-state index contributed by atoms with van der Waals surface area (Å²) < 4.78 is 20.9. The highest BCUT2D eigenvalue weighted by Crippen LogP contribution is 2.27. The minimum Gasteiger partial charge on any atom is -0.378 e. The number of halogens is 1. The molecule has 22 heavy (non-hydrogen) atoms. The van der Waals surface area contributed by atoms with E-state index < -0.39 is 0 Å². The van der Waals surface area contributed by atoms with Gasteiger partial charge in [-0.1, -0.05) is 23.9 Å². The number of ether oxygens (including phenoxy) is 1. The highest BCUT2D eigenvalue weighted by atomic mass is 32.2. The molecule has 0 atom stereocenters. The molecule has 5 nitrogen and oxygen atoms in total. The zero-order valence-electron chi connectivity index (χ0n) is 12.1. The minimum absolute atomic E-state index is 0.279. The lowest BCUT2D eigenvalue weighted by Gasteiger charge is -2.27. The van der Waals surface area contributed by atoms with Crippen LogP contribution in [0, 0.1) is 5.82 Å². The van der Waals surface area contributed by atoms with Crippen LogP contribution in [0.2, 0.25) is 0 Å². The zero-order chi connectivity index (χ0) is 15.4. The van der Waals surface area contributed by atoms with Crippen molar-refractivity contribution in [1.82, 2.24) is 14.8 Å². The van der Waals surface area contributed by atoms with Crippen LogP contribution in [0.3, 0.4) is 0 Å². The third kappa shape index (κ3) is 3.15. The molecule has 2 heterocycles. The first-order valence-corrected chi connectivity index (χ1v) is 8.06. The van der Waals surface area contributed by atoms with Gasteiger partial charge in [0.1, 0.15) is 5.82 Å². The molecule has 1 fully saturated rings. The number of morpholine rings is 1. The smallest absolute Gasteiger partial charge is 0.232 e. The van der Waals surface area contributed by atoms with Crippen molar-refractivity contribution in [2.75, 3.05) is 37.0 Å². The number of hydrogen-bond donors (Lipinski definition) is 0. The first-order chi connectivity index (χ1) is 10.8. The fraction of sp³-hybridized carbons (Fsp3) is 0.333. The van der Waals surface area contributed by atoms with Crippen LogP contribution in [0.5, 0.6) is 0 Å². The minimum atomic E-state index is -0.279. The summed E-state index contributed by atoms with van der Waals surface area (Å²) in [6, 6.07) is 6.47. The molecule has 1 aromatic heterocycles. The molecule has 0 saturated carbocycles. The number of rotatable bonds is 5. The average molecular weight is 320 g/mol. The summed E-state index contributed by atoms with van der Waals surface area (Å²) in [6.45, 7) is 6.54. The molecule has 0 spiro atoms. The molecule has 116 valence electrons. The molecule has 3 rings (SSSR count). The molecule has 1 aliphatic rings. The summed E-state index contributed by atoms with van der Waals surface area (Å²) in [7, 11) is 0. The van der Waals surface area contributed by atoms with Crippen molar-refractivity contribution in [3.05, 3.63) is 42.7 Å². The Hall–Kier alpha value is -1.86. The van der Waals surface area contributed by atoms with Crippen LogP contribution in [0.1, 0.15) is 0 Å². The fourth-order valence-corrected chi connectivity index (χ4v) is 2.98. The monoisotopic (exact) mass is 320 g/mol. The molecule has 1 aromatic carbocycles. The molecule has 0 aliphatic carbocycles. The van der Waals surface area contributed by atoms with E-state index in [0.717, 1.165) is 35.6 Å². The van der Waals surface area contributed by atoms with Crippen LogP contribution < -0.4 is 4.90 Å². The van der Waals surface area contributed by atoms with E-state index >= 15 is 0 Å². The average Bonchev–Trinajstić information content (AvgIpc) is 2.97. The maximum atomic E-state index is 13.6. The first-order valence-electron chi connectivity index (χ1n) is 7.07. The normalized spacial score (nSPS) is 15.0. The van der Waals surface area contributed by atoms with Gasteiger partial charge in [-0.2, -0.15) is 0 Å². The molecule has 7 heteroatoms. The zero-order valence-corrected chi connectivity index (χ0v) is 12.9. The van der Waals surface area contributed by atoms with Crippen LogP contribution in [0.4, 0.5) is 10.3 Å². The van der Waals surface area contributed by atoms with E-state index in [4.69, 9.17) is 4.74 Å². The topological polar surface area (TPSA) is 43.2 Å².